The zero-order valence-corrected chi connectivity index (χ0v) is 14.8. The third-order valence-corrected chi connectivity index (χ3v) is 3.88. The van der Waals surface area contributed by atoms with Gasteiger partial charge in [0, 0.05) is 11.8 Å². The molecule has 0 radical (unpaired) electrons. The van der Waals surface area contributed by atoms with Gasteiger partial charge in [0.1, 0.15) is 0 Å². The number of aryl methyl sites for hydroxylation is 2. The SMILES string of the molecule is C[C@@H](N)C(=O)NCc1csc(CCc2ccccc2)n1.Cl.Cl. The van der Waals surface area contributed by atoms with Crippen molar-refractivity contribution in [1.82, 2.24) is 10.3 Å². The molecule has 7 heteroatoms. The van der Waals surface area contributed by atoms with Crippen LogP contribution in [0.2, 0.25) is 0 Å². The lowest BCUT2D eigenvalue weighted by molar-refractivity contribution is -0.122. The van der Waals surface area contributed by atoms with E-state index in [-0.39, 0.29) is 30.7 Å². The van der Waals surface area contributed by atoms with Gasteiger partial charge >= 0.3 is 0 Å². The average Bonchev–Trinajstić information content (AvgIpc) is 2.91. The predicted octanol–water partition coefficient (Wildman–Crippen LogP) is 2.74. The van der Waals surface area contributed by atoms with Crippen LogP contribution in [0.3, 0.4) is 0 Å². The maximum Gasteiger partial charge on any atom is 0.236 e. The van der Waals surface area contributed by atoms with Crippen molar-refractivity contribution < 1.29 is 4.79 Å². The third kappa shape index (κ3) is 6.75. The van der Waals surface area contributed by atoms with Gasteiger partial charge in [0.25, 0.3) is 0 Å². The highest BCUT2D eigenvalue weighted by molar-refractivity contribution is 7.09. The molecule has 0 aliphatic carbocycles. The Hall–Kier alpha value is -1.14. The molecule has 0 saturated carbocycles. The number of carbonyl (C=O) groups excluding carboxylic acids is 1. The molecule has 22 heavy (non-hydrogen) atoms. The van der Waals surface area contributed by atoms with Gasteiger partial charge in [0.2, 0.25) is 5.91 Å². The Labute approximate surface area is 147 Å². The summed E-state index contributed by atoms with van der Waals surface area (Å²) in [4.78, 5) is 15.9. The Morgan fingerprint density at radius 1 is 1.27 bits per heavy atom. The second-order valence-electron chi connectivity index (χ2n) is 4.72. The van der Waals surface area contributed by atoms with E-state index in [0.717, 1.165) is 23.5 Å². The van der Waals surface area contributed by atoms with Gasteiger partial charge in [-0.1, -0.05) is 30.3 Å². The normalized spacial score (nSPS) is 11.0. The maximum atomic E-state index is 11.4. The minimum Gasteiger partial charge on any atom is -0.349 e. The Kier molecular flexibility index (Phi) is 10.0. The standard InChI is InChI=1S/C15H19N3OS.2ClH/c1-11(16)15(19)17-9-13-10-20-14(18-13)8-7-12-5-3-2-4-6-12;;/h2-6,10-11H,7-9,16H2,1H3,(H,17,19);2*1H/t11-;;/m1../s1. The number of nitrogens with two attached hydrogens (primary N) is 1. The van der Waals surface area contributed by atoms with Crippen molar-refractivity contribution in [1.29, 1.82) is 0 Å². The van der Waals surface area contributed by atoms with Crippen molar-refractivity contribution in [2.75, 3.05) is 0 Å². The molecule has 0 spiro atoms. The molecule has 0 aliphatic rings. The molecule has 1 amide bonds. The molecule has 0 saturated heterocycles. The van der Waals surface area contributed by atoms with Crippen LogP contribution in [0.5, 0.6) is 0 Å². The van der Waals surface area contributed by atoms with Crippen LogP contribution in [0.1, 0.15) is 23.2 Å². The highest BCUT2D eigenvalue weighted by Crippen LogP contribution is 2.13. The molecule has 1 aromatic heterocycles. The monoisotopic (exact) mass is 361 g/mol. The van der Waals surface area contributed by atoms with E-state index < -0.39 is 6.04 Å². The minimum atomic E-state index is -0.480. The third-order valence-electron chi connectivity index (χ3n) is 2.93. The first-order valence-corrected chi connectivity index (χ1v) is 7.53. The van der Waals surface area contributed by atoms with Crippen LogP contribution in [0.15, 0.2) is 35.7 Å². The summed E-state index contributed by atoms with van der Waals surface area (Å²) < 4.78 is 0. The van der Waals surface area contributed by atoms with Crippen LogP contribution in [-0.2, 0) is 24.2 Å². The number of amides is 1. The van der Waals surface area contributed by atoms with E-state index in [1.54, 1.807) is 18.3 Å². The first-order chi connectivity index (χ1) is 9.65. The van der Waals surface area contributed by atoms with Crippen LogP contribution in [0.25, 0.3) is 0 Å². The summed E-state index contributed by atoms with van der Waals surface area (Å²) in [6.45, 7) is 2.11. The number of carbonyl (C=O) groups is 1. The Balaban J connectivity index is 0.00000220. The summed E-state index contributed by atoms with van der Waals surface area (Å²) in [5, 5.41) is 5.85. The lowest BCUT2D eigenvalue weighted by atomic mass is 10.1. The summed E-state index contributed by atoms with van der Waals surface area (Å²) in [6.07, 6.45) is 1.91. The van der Waals surface area contributed by atoms with Gasteiger partial charge in [-0.05, 0) is 18.9 Å². The number of hydrogen-bond acceptors (Lipinski definition) is 4. The molecule has 0 fully saturated rings. The van der Waals surface area contributed by atoms with Crippen LogP contribution in [0.4, 0.5) is 0 Å². The van der Waals surface area contributed by atoms with Crippen LogP contribution < -0.4 is 11.1 Å². The van der Waals surface area contributed by atoms with Gasteiger partial charge in [-0.2, -0.15) is 0 Å². The number of benzene rings is 1. The van der Waals surface area contributed by atoms with E-state index >= 15 is 0 Å². The molecule has 4 nitrogen and oxygen atoms in total. The number of rotatable bonds is 6. The Morgan fingerprint density at radius 2 is 1.95 bits per heavy atom. The van der Waals surface area contributed by atoms with E-state index in [2.05, 4.69) is 22.4 Å². The number of aromatic nitrogens is 1. The molecule has 1 heterocycles. The number of nitrogens with zero attached hydrogens (tertiary/aromatic N) is 1. The summed E-state index contributed by atoms with van der Waals surface area (Å²) in [5.41, 5.74) is 7.70. The fourth-order valence-electron chi connectivity index (χ4n) is 1.78. The van der Waals surface area contributed by atoms with Crippen molar-refractivity contribution >= 4 is 42.1 Å². The van der Waals surface area contributed by atoms with Gasteiger partial charge in [-0.15, -0.1) is 36.2 Å². The van der Waals surface area contributed by atoms with Crippen molar-refractivity contribution in [2.45, 2.75) is 32.4 Å². The lowest BCUT2D eigenvalue weighted by Crippen LogP contribution is -2.37. The zero-order chi connectivity index (χ0) is 14.4. The second-order valence-corrected chi connectivity index (χ2v) is 5.67. The summed E-state index contributed by atoms with van der Waals surface area (Å²) in [5.74, 6) is -0.149. The number of nitrogens with one attached hydrogen (secondary N) is 1. The smallest absolute Gasteiger partial charge is 0.236 e. The van der Waals surface area contributed by atoms with E-state index in [0.29, 0.717) is 6.54 Å². The fourth-order valence-corrected chi connectivity index (χ4v) is 2.58. The fraction of sp³-hybridized carbons (Fsp3) is 0.333. The molecule has 0 unspecified atom stereocenters. The average molecular weight is 362 g/mol. The van der Waals surface area contributed by atoms with Crippen LogP contribution in [-0.4, -0.2) is 16.9 Å². The van der Waals surface area contributed by atoms with Crippen molar-refractivity contribution in [3.05, 3.63) is 52.0 Å². The van der Waals surface area contributed by atoms with Crippen LogP contribution in [0, 0.1) is 0 Å². The highest BCUT2D eigenvalue weighted by atomic mass is 35.5. The van der Waals surface area contributed by atoms with Gasteiger partial charge in [-0.25, -0.2) is 4.98 Å². The molecule has 2 aromatic rings. The summed E-state index contributed by atoms with van der Waals surface area (Å²) in [7, 11) is 0. The van der Waals surface area contributed by atoms with Crippen molar-refractivity contribution in [3.8, 4) is 0 Å². The summed E-state index contributed by atoms with van der Waals surface area (Å²) >= 11 is 1.64. The molecule has 1 aromatic carbocycles. The molecule has 122 valence electrons. The van der Waals surface area contributed by atoms with Gasteiger partial charge in [0.15, 0.2) is 0 Å². The van der Waals surface area contributed by atoms with E-state index in [9.17, 15) is 4.79 Å². The molecular weight excluding hydrogens is 341 g/mol. The van der Waals surface area contributed by atoms with Gasteiger partial charge in [0.05, 0.1) is 23.3 Å². The van der Waals surface area contributed by atoms with E-state index in [4.69, 9.17) is 5.73 Å². The largest absolute Gasteiger partial charge is 0.349 e. The Morgan fingerprint density at radius 3 is 2.59 bits per heavy atom. The molecular formula is C15H21Cl2N3OS. The highest BCUT2D eigenvalue weighted by Gasteiger charge is 2.08. The molecule has 1 atom stereocenters. The number of hydrogen-bond donors (Lipinski definition) is 2. The second kappa shape index (κ2) is 10.6. The van der Waals surface area contributed by atoms with Gasteiger partial charge < -0.3 is 11.1 Å². The maximum absolute atomic E-state index is 11.4. The number of halogens is 2. The number of thiazole rings is 1. The lowest BCUT2D eigenvalue weighted by Gasteiger charge is -2.05. The van der Waals surface area contributed by atoms with Crippen molar-refractivity contribution in [3.63, 3.8) is 0 Å². The quantitative estimate of drug-likeness (QED) is 0.830. The van der Waals surface area contributed by atoms with E-state index in [1.807, 2.05) is 23.6 Å². The van der Waals surface area contributed by atoms with Crippen molar-refractivity contribution in [2.24, 2.45) is 5.73 Å². The molecule has 2 rings (SSSR count). The molecule has 3 N–H and O–H groups in total. The Bertz CT molecular complexity index is 561. The molecule has 0 aliphatic heterocycles. The van der Waals surface area contributed by atoms with Crippen LogP contribution >= 0.6 is 36.2 Å². The first-order valence-electron chi connectivity index (χ1n) is 6.65. The van der Waals surface area contributed by atoms with Gasteiger partial charge in [-0.3, -0.25) is 4.79 Å². The molecule has 0 bridgehead atoms. The first kappa shape index (κ1) is 20.9. The van der Waals surface area contributed by atoms with E-state index in [1.165, 1.54) is 5.56 Å². The predicted molar refractivity (Wildman–Crippen MR) is 96.0 cm³/mol. The summed E-state index contributed by atoms with van der Waals surface area (Å²) in [6, 6.07) is 9.88. The zero-order valence-electron chi connectivity index (χ0n) is 12.3. The minimum absolute atomic E-state index is 0. The topological polar surface area (TPSA) is 68.0 Å².